The van der Waals surface area contributed by atoms with Gasteiger partial charge < -0.3 is 9.84 Å². The molecule has 0 radical (unpaired) electrons. The summed E-state index contributed by atoms with van der Waals surface area (Å²) in [6.07, 6.45) is 8.85. The SMILES string of the molecule is CC1=C[C@@H]2O[C@@H]3CC[C@@H](C3)[C@]2(CO)CC1. The van der Waals surface area contributed by atoms with Gasteiger partial charge >= 0.3 is 0 Å². The molecule has 2 nitrogen and oxygen atoms in total. The predicted molar refractivity (Wildman–Crippen MR) is 58.5 cm³/mol. The number of hydrogen-bond donors (Lipinski definition) is 1. The topological polar surface area (TPSA) is 29.5 Å². The average Bonchev–Trinajstić information content (AvgIpc) is 2.63. The fraction of sp³-hybridized carbons (Fsp3) is 0.846. The largest absolute Gasteiger partial charge is 0.396 e. The summed E-state index contributed by atoms with van der Waals surface area (Å²) in [6.45, 7) is 2.49. The summed E-state index contributed by atoms with van der Waals surface area (Å²) in [6, 6.07) is 0. The molecule has 3 rings (SSSR count). The number of aliphatic hydroxyl groups excluding tert-OH is 1. The summed E-state index contributed by atoms with van der Waals surface area (Å²) in [5, 5.41) is 9.77. The van der Waals surface area contributed by atoms with Gasteiger partial charge in [0, 0.05) is 5.41 Å². The molecule has 2 fully saturated rings. The second-order valence-electron chi connectivity index (χ2n) is 5.59. The molecule has 2 aliphatic carbocycles. The summed E-state index contributed by atoms with van der Waals surface area (Å²) in [7, 11) is 0. The van der Waals surface area contributed by atoms with Gasteiger partial charge in [-0.1, -0.05) is 11.6 Å². The Bertz CT molecular complexity index is 297. The van der Waals surface area contributed by atoms with Gasteiger partial charge in [-0.3, -0.25) is 0 Å². The van der Waals surface area contributed by atoms with Crippen LogP contribution in [0.3, 0.4) is 0 Å². The van der Waals surface area contributed by atoms with Crippen LogP contribution in [0, 0.1) is 11.3 Å². The maximum atomic E-state index is 9.77. The molecule has 0 aromatic carbocycles. The van der Waals surface area contributed by atoms with Crippen molar-refractivity contribution >= 4 is 0 Å². The van der Waals surface area contributed by atoms with Crippen molar-refractivity contribution in [2.24, 2.45) is 11.3 Å². The minimum atomic E-state index is 0.0620. The van der Waals surface area contributed by atoms with Crippen molar-refractivity contribution in [1.29, 1.82) is 0 Å². The maximum Gasteiger partial charge on any atom is 0.0843 e. The summed E-state index contributed by atoms with van der Waals surface area (Å²) >= 11 is 0. The third kappa shape index (κ3) is 1.31. The quantitative estimate of drug-likeness (QED) is 0.670. The molecular weight excluding hydrogens is 188 g/mol. The maximum absolute atomic E-state index is 9.77. The van der Waals surface area contributed by atoms with E-state index in [4.69, 9.17) is 4.74 Å². The third-order valence-corrected chi connectivity index (χ3v) is 4.82. The van der Waals surface area contributed by atoms with Crippen LogP contribution < -0.4 is 0 Å². The highest BCUT2D eigenvalue weighted by Crippen LogP contribution is 2.54. The number of fused-ring (bicyclic) bond motifs is 4. The Morgan fingerprint density at radius 2 is 2.40 bits per heavy atom. The van der Waals surface area contributed by atoms with Gasteiger partial charge in [-0.15, -0.1) is 0 Å². The van der Waals surface area contributed by atoms with Crippen molar-refractivity contribution in [2.75, 3.05) is 6.61 Å². The first kappa shape index (κ1) is 9.86. The fourth-order valence-electron chi connectivity index (χ4n) is 3.78. The molecule has 0 aromatic rings. The summed E-state index contributed by atoms with van der Waals surface area (Å²) in [4.78, 5) is 0. The Hall–Kier alpha value is -0.340. The molecule has 1 saturated heterocycles. The van der Waals surface area contributed by atoms with Crippen molar-refractivity contribution in [3.8, 4) is 0 Å². The zero-order valence-electron chi connectivity index (χ0n) is 9.41. The molecule has 0 aromatic heterocycles. The Kier molecular flexibility index (Phi) is 2.18. The van der Waals surface area contributed by atoms with Crippen LogP contribution >= 0.6 is 0 Å². The lowest BCUT2D eigenvalue weighted by atomic mass is 9.64. The second kappa shape index (κ2) is 3.33. The van der Waals surface area contributed by atoms with E-state index in [0.717, 1.165) is 12.8 Å². The molecule has 1 saturated carbocycles. The van der Waals surface area contributed by atoms with E-state index in [1.165, 1.54) is 24.8 Å². The zero-order valence-corrected chi connectivity index (χ0v) is 9.41. The first-order chi connectivity index (χ1) is 7.24. The molecule has 3 aliphatic rings. The van der Waals surface area contributed by atoms with Crippen LogP contribution in [0.1, 0.15) is 39.0 Å². The van der Waals surface area contributed by atoms with Gasteiger partial charge in [0.2, 0.25) is 0 Å². The fourth-order valence-corrected chi connectivity index (χ4v) is 3.78. The van der Waals surface area contributed by atoms with E-state index in [9.17, 15) is 5.11 Å². The minimum absolute atomic E-state index is 0.0620. The van der Waals surface area contributed by atoms with E-state index >= 15 is 0 Å². The van der Waals surface area contributed by atoms with Gasteiger partial charge in [-0.05, 0) is 44.9 Å². The molecule has 0 amide bonds. The van der Waals surface area contributed by atoms with Crippen LogP contribution in [0.2, 0.25) is 0 Å². The van der Waals surface area contributed by atoms with E-state index in [1.807, 2.05) is 0 Å². The van der Waals surface area contributed by atoms with Crippen LogP contribution in [0.4, 0.5) is 0 Å². The minimum Gasteiger partial charge on any atom is -0.396 e. The molecule has 0 spiro atoms. The summed E-state index contributed by atoms with van der Waals surface area (Å²) in [5.74, 6) is 0.704. The summed E-state index contributed by atoms with van der Waals surface area (Å²) < 4.78 is 6.11. The monoisotopic (exact) mass is 208 g/mol. The smallest absolute Gasteiger partial charge is 0.0843 e. The van der Waals surface area contributed by atoms with Gasteiger partial charge in [0.25, 0.3) is 0 Å². The molecule has 1 heterocycles. The lowest BCUT2D eigenvalue weighted by Crippen LogP contribution is -2.50. The normalized spacial score (nSPS) is 48.7. The van der Waals surface area contributed by atoms with Crippen LogP contribution in [0.15, 0.2) is 11.6 Å². The molecule has 2 heteroatoms. The highest BCUT2D eigenvalue weighted by Gasteiger charge is 2.53. The van der Waals surface area contributed by atoms with E-state index in [2.05, 4.69) is 13.0 Å². The van der Waals surface area contributed by atoms with Crippen molar-refractivity contribution in [1.82, 2.24) is 0 Å². The van der Waals surface area contributed by atoms with Crippen LogP contribution in [-0.4, -0.2) is 23.9 Å². The molecule has 0 unspecified atom stereocenters. The molecule has 1 aliphatic heterocycles. The van der Waals surface area contributed by atoms with Gasteiger partial charge in [0.05, 0.1) is 18.8 Å². The third-order valence-electron chi connectivity index (χ3n) is 4.82. The van der Waals surface area contributed by atoms with Crippen molar-refractivity contribution < 1.29 is 9.84 Å². The van der Waals surface area contributed by atoms with Crippen LogP contribution in [0.5, 0.6) is 0 Å². The Morgan fingerprint density at radius 1 is 1.53 bits per heavy atom. The lowest BCUT2D eigenvalue weighted by molar-refractivity contribution is -0.136. The number of allylic oxidation sites excluding steroid dienone is 1. The van der Waals surface area contributed by atoms with Gasteiger partial charge in [0.1, 0.15) is 0 Å². The van der Waals surface area contributed by atoms with Gasteiger partial charge in [0.15, 0.2) is 0 Å². The first-order valence-electron chi connectivity index (χ1n) is 6.18. The number of rotatable bonds is 1. The van der Waals surface area contributed by atoms with E-state index in [0.29, 0.717) is 18.6 Å². The Balaban J connectivity index is 1.97. The Labute approximate surface area is 91.3 Å². The number of ether oxygens (including phenoxy) is 1. The van der Waals surface area contributed by atoms with Gasteiger partial charge in [-0.2, -0.15) is 0 Å². The second-order valence-corrected chi connectivity index (χ2v) is 5.59. The molecule has 4 atom stereocenters. The number of hydrogen-bond acceptors (Lipinski definition) is 2. The highest BCUT2D eigenvalue weighted by atomic mass is 16.5. The van der Waals surface area contributed by atoms with E-state index in [1.54, 1.807) is 0 Å². The summed E-state index contributed by atoms with van der Waals surface area (Å²) in [5.41, 5.74) is 1.50. The molecular formula is C13H20O2. The first-order valence-corrected chi connectivity index (χ1v) is 6.18. The van der Waals surface area contributed by atoms with E-state index < -0.39 is 0 Å². The average molecular weight is 208 g/mol. The zero-order chi connectivity index (χ0) is 10.5. The molecule has 2 bridgehead atoms. The molecule has 84 valence electrons. The highest BCUT2D eigenvalue weighted by molar-refractivity contribution is 5.17. The van der Waals surface area contributed by atoms with Crippen LogP contribution in [0.25, 0.3) is 0 Å². The van der Waals surface area contributed by atoms with Crippen molar-refractivity contribution in [3.63, 3.8) is 0 Å². The molecule has 15 heavy (non-hydrogen) atoms. The number of aliphatic hydroxyl groups is 1. The van der Waals surface area contributed by atoms with Crippen molar-refractivity contribution in [3.05, 3.63) is 11.6 Å². The predicted octanol–water partition coefficient (Wildman–Crippen LogP) is 2.27. The lowest BCUT2D eigenvalue weighted by Gasteiger charge is -2.48. The van der Waals surface area contributed by atoms with Crippen molar-refractivity contribution in [2.45, 2.75) is 51.2 Å². The van der Waals surface area contributed by atoms with E-state index in [-0.39, 0.29) is 11.5 Å². The Morgan fingerprint density at radius 3 is 3.20 bits per heavy atom. The molecule has 1 N–H and O–H groups in total. The standard InChI is InChI=1S/C13H20O2/c1-9-4-5-13(8-14)10-2-3-11(7-10)15-12(13)6-9/h6,10-12,14H,2-5,7-8H2,1H3/t10-,11+,12-,13+/m0/s1. The van der Waals surface area contributed by atoms with Crippen LogP contribution in [-0.2, 0) is 4.74 Å². The van der Waals surface area contributed by atoms with Gasteiger partial charge in [-0.25, -0.2) is 0 Å².